The molecule has 2 aromatic rings. The molecule has 1 aliphatic rings. The number of nitrogens with one attached hydrogen (secondary N) is 1. The third-order valence-electron chi connectivity index (χ3n) is 6.48. The van der Waals surface area contributed by atoms with Gasteiger partial charge in [-0.25, -0.2) is 0 Å². The molecule has 0 radical (unpaired) electrons. The number of halogens is 2. The lowest BCUT2D eigenvalue weighted by molar-refractivity contribution is 0.0562. The van der Waals surface area contributed by atoms with E-state index in [0.717, 1.165) is 68.1 Å². The Morgan fingerprint density at radius 1 is 1.35 bits per heavy atom. The van der Waals surface area contributed by atoms with Gasteiger partial charge in [0.05, 0.1) is 16.6 Å². The molecule has 0 spiro atoms. The van der Waals surface area contributed by atoms with Gasteiger partial charge in [-0.05, 0) is 64.5 Å². The third-order valence-corrected chi connectivity index (χ3v) is 6.86. The number of benzene rings is 1. The van der Waals surface area contributed by atoms with Gasteiger partial charge in [-0.2, -0.15) is 5.26 Å². The molecule has 34 heavy (non-hydrogen) atoms. The quantitative estimate of drug-likeness (QED) is 0.401. The van der Waals surface area contributed by atoms with E-state index in [9.17, 15) is 4.79 Å². The normalized spacial score (nSPS) is 15.8. The van der Waals surface area contributed by atoms with Crippen LogP contribution in [0.4, 0.5) is 0 Å². The highest BCUT2D eigenvalue weighted by Crippen LogP contribution is 2.35. The summed E-state index contributed by atoms with van der Waals surface area (Å²) in [5.74, 6) is 0.00890. The maximum atomic E-state index is 14.1. The number of piperidine rings is 1. The number of unbranched alkanes of at least 4 members (excludes halogenated alkanes) is 2. The second-order valence-electron chi connectivity index (χ2n) is 9.15. The molecule has 1 aromatic carbocycles. The predicted octanol–water partition coefficient (Wildman–Crippen LogP) is 5.59. The molecule has 188 valence electrons. The van der Waals surface area contributed by atoms with Crippen molar-refractivity contribution in [3.05, 3.63) is 34.5 Å². The number of aryl methyl sites for hydroxylation is 2. The number of nitrogens with zero attached hydrogens (tertiary/aromatic N) is 3. The average molecular weight is 510 g/mol. The molecule has 1 aliphatic heterocycles. The number of nitriles is 1. The van der Waals surface area contributed by atoms with Gasteiger partial charge in [-0.15, -0.1) is 12.4 Å². The molecule has 1 fully saturated rings. The van der Waals surface area contributed by atoms with Gasteiger partial charge in [-0.3, -0.25) is 4.79 Å². The van der Waals surface area contributed by atoms with E-state index < -0.39 is 0 Å². The van der Waals surface area contributed by atoms with Gasteiger partial charge in [0.25, 0.3) is 5.91 Å². The monoisotopic (exact) mass is 508 g/mol. The van der Waals surface area contributed by atoms with E-state index in [0.29, 0.717) is 30.3 Å². The molecule has 1 amide bonds. The van der Waals surface area contributed by atoms with Crippen molar-refractivity contribution in [1.82, 2.24) is 14.8 Å². The summed E-state index contributed by atoms with van der Waals surface area (Å²) in [6.07, 6.45) is 5.97. The SMILES string of the molecule is COCCCCn1c(C(=O)N(C(C)C)[C@@H]2CCCNC2)c(Cl)c2cccc(CCCC#N)c21.Cl. The number of hydrogen-bond donors (Lipinski definition) is 1. The first kappa shape index (κ1) is 28.5. The summed E-state index contributed by atoms with van der Waals surface area (Å²) in [7, 11) is 1.71. The number of ether oxygens (including phenoxy) is 1. The van der Waals surface area contributed by atoms with Crippen LogP contribution < -0.4 is 5.32 Å². The van der Waals surface area contributed by atoms with Crippen LogP contribution in [0.15, 0.2) is 18.2 Å². The fraction of sp³-hybridized carbons (Fsp3) is 0.615. The number of para-hydroxylation sites is 1. The molecule has 0 bridgehead atoms. The second kappa shape index (κ2) is 13.9. The Labute approximate surface area is 215 Å². The van der Waals surface area contributed by atoms with Gasteiger partial charge in [0, 0.05) is 50.7 Å². The Balaban J connectivity index is 0.00000408. The summed E-state index contributed by atoms with van der Waals surface area (Å²) in [6, 6.07) is 8.59. The molecule has 1 aromatic heterocycles. The molecule has 8 heteroatoms. The molecule has 0 aliphatic carbocycles. The van der Waals surface area contributed by atoms with E-state index in [4.69, 9.17) is 21.6 Å². The van der Waals surface area contributed by atoms with Crippen molar-refractivity contribution in [2.24, 2.45) is 0 Å². The summed E-state index contributed by atoms with van der Waals surface area (Å²) >= 11 is 6.96. The molecule has 0 unspecified atom stereocenters. The summed E-state index contributed by atoms with van der Waals surface area (Å²) in [4.78, 5) is 16.1. The third kappa shape index (κ3) is 6.46. The van der Waals surface area contributed by atoms with Crippen molar-refractivity contribution in [3.63, 3.8) is 0 Å². The largest absolute Gasteiger partial charge is 0.385 e. The van der Waals surface area contributed by atoms with Crippen molar-refractivity contribution in [2.75, 3.05) is 26.8 Å². The standard InChI is InChI=1S/C26H37ClN4O2.ClH/c1-19(2)31(21-12-9-15-29-18-21)26(32)25-23(27)22-13-8-11-20(10-4-5-14-28)24(22)30(25)16-6-7-17-33-3;/h8,11,13,19,21,29H,4-7,9-10,12,15-18H2,1-3H3;1H/t21-;/m1./s1. The molecule has 6 nitrogen and oxygen atoms in total. The Bertz CT molecular complexity index is 977. The van der Waals surface area contributed by atoms with Crippen LogP contribution in [-0.2, 0) is 17.7 Å². The second-order valence-corrected chi connectivity index (χ2v) is 9.52. The fourth-order valence-corrected chi connectivity index (χ4v) is 5.30. The van der Waals surface area contributed by atoms with Gasteiger partial charge in [0.2, 0.25) is 0 Å². The van der Waals surface area contributed by atoms with Crippen molar-refractivity contribution < 1.29 is 9.53 Å². The first-order chi connectivity index (χ1) is 16.0. The minimum absolute atomic E-state index is 0. The topological polar surface area (TPSA) is 70.3 Å². The zero-order valence-electron chi connectivity index (χ0n) is 20.6. The van der Waals surface area contributed by atoms with E-state index in [1.165, 1.54) is 0 Å². The van der Waals surface area contributed by atoms with Crippen molar-refractivity contribution in [1.29, 1.82) is 5.26 Å². The van der Waals surface area contributed by atoms with Crippen molar-refractivity contribution >= 4 is 40.8 Å². The molecule has 0 saturated carbocycles. The molecule has 1 N–H and O–H groups in total. The van der Waals surface area contributed by atoms with Crippen LogP contribution in [-0.4, -0.2) is 54.3 Å². The minimum atomic E-state index is 0. The average Bonchev–Trinajstić information content (AvgIpc) is 3.10. The predicted molar refractivity (Wildman–Crippen MR) is 141 cm³/mol. The maximum absolute atomic E-state index is 14.1. The first-order valence-electron chi connectivity index (χ1n) is 12.2. The van der Waals surface area contributed by atoms with Crippen LogP contribution in [0.25, 0.3) is 10.9 Å². The Kier molecular flexibility index (Phi) is 11.7. The minimum Gasteiger partial charge on any atom is -0.385 e. The van der Waals surface area contributed by atoms with Crippen molar-refractivity contribution in [2.45, 2.75) is 77.4 Å². The lowest BCUT2D eigenvalue weighted by Crippen LogP contribution is -2.52. The van der Waals surface area contributed by atoms with Crippen LogP contribution >= 0.6 is 24.0 Å². The van der Waals surface area contributed by atoms with Crippen molar-refractivity contribution in [3.8, 4) is 6.07 Å². The number of carbonyl (C=O) groups excluding carboxylic acids is 1. The number of rotatable bonds is 11. The molecular weight excluding hydrogens is 471 g/mol. The molecule has 3 rings (SSSR count). The number of aromatic nitrogens is 1. The summed E-state index contributed by atoms with van der Waals surface area (Å²) in [5, 5.41) is 13.9. The number of hydrogen-bond acceptors (Lipinski definition) is 4. The van der Waals surface area contributed by atoms with Crippen LogP contribution in [0.3, 0.4) is 0 Å². The Morgan fingerprint density at radius 2 is 2.15 bits per heavy atom. The van der Waals surface area contributed by atoms with E-state index in [1.807, 2.05) is 17.0 Å². The molecule has 2 heterocycles. The van der Waals surface area contributed by atoms with Gasteiger partial charge in [-0.1, -0.05) is 29.8 Å². The highest BCUT2D eigenvalue weighted by Gasteiger charge is 2.33. The van der Waals surface area contributed by atoms with E-state index in [1.54, 1.807) is 7.11 Å². The van der Waals surface area contributed by atoms with E-state index in [2.05, 4.69) is 35.9 Å². The molecule has 1 atom stereocenters. The number of amides is 1. The lowest BCUT2D eigenvalue weighted by Gasteiger charge is -2.38. The van der Waals surface area contributed by atoms with Crippen LogP contribution in [0, 0.1) is 11.3 Å². The highest BCUT2D eigenvalue weighted by atomic mass is 35.5. The number of methoxy groups -OCH3 is 1. The lowest BCUT2D eigenvalue weighted by atomic mass is 10.0. The smallest absolute Gasteiger partial charge is 0.272 e. The van der Waals surface area contributed by atoms with Gasteiger partial charge in [0.15, 0.2) is 0 Å². The van der Waals surface area contributed by atoms with Crippen LogP contribution in [0.2, 0.25) is 5.02 Å². The fourth-order valence-electron chi connectivity index (χ4n) is 4.97. The number of fused-ring (bicyclic) bond motifs is 1. The maximum Gasteiger partial charge on any atom is 0.272 e. The van der Waals surface area contributed by atoms with Gasteiger partial charge < -0.3 is 19.5 Å². The van der Waals surface area contributed by atoms with Crippen LogP contribution in [0.5, 0.6) is 0 Å². The zero-order chi connectivity index (χ0) is 23.8. The molecular formula is C26H38Cl2N4O2. The first-order valence-corrected chi connectivity index (χ1v) is 12.6. The highest BCUT2D eigenvalue weighted by molar-refractivity contribution is 6.39. The summed E-state index contributed by atoms with van der Waals surface area (Å²) in [5.41, 5.74) is 2.77. The Morgan fingerprint density at radius 3 is 2.79 bits per heavy atom. The van der Waals surface area contributed by atoms with E-state index in [-0.39, 0.29) is 30.4 Å². The zero-order valence-corrected chi connectivity index (χ0v) is 22.2. The van der Waals surface area contributed by atoms with Crippen LogP contribution in [0.1, 0.15) is 68.4 Å². The summed E-state index contributed by atoms with van der Waals surface area (Å²) in [6.45, 7) is 7.38. The Hall–Kier alpha value is -1.78. The van der Waals surface area contributed by atoms with E-state index >= 15 is 0 Å². The molecule has 1 saturated heterocycles. The van der Waals surface area contributed by atoms with Gasteiger partial charge >= 0.3 is 0 Å². The summed E-state index contributed by atoms with van der Waals surface area (Å²) < 4.78 is 7.38. The van der Waals surface area contributed by atoms with Gasteiger partial charge in [0.1, 0.15) is 5.69 Å². The number of carbonyl (C=O) groups is 1.